The van der Waals surface area contributed by atoms with Gasteiger partial charge in [0.1, 0.15) is 0 Å². The fraction of sp³-hybridized carbons (Fsp3) is 0.333. The molecule has 0 heterocycles. The van der Waals surface area contributed by atoms with Crippen molar-refractivity contribution in [2.75, 3.05) is 5.88 Å². The van der Waals surface area contributed by atoms with Gasteiger partial charge in [-0.3, -0.25) is 4.57 Å². The Morgan fingerprint density at radius 3 is 1.88 bits per heavy atom. The Morgan fingerprint density at radius 2 is 1.88 bits per heavy atom. The molecular weight excluding hydrogens is 150 g/mol. The van der Waals surface area contributed by atoms with Crippen molar-refractivity contribution in [2.45, 2.75) is 0 Å². The van der Waals surface area contributed by atoms with E-state index in [0.29, 0.717) is 5.88 Å². The van der Waals surface area contributed by atoms with Gasteiger partial charge < -0.3 is 9.79 Å². The van der Waals surface area contributed by atoms with Crippen LogP contribution in [-0.4, -0.2) is 15.7 Å². The zero-order chi connectivity index (χ0) is 6.99. The van der Waals surface area contributed by atoms with Gasteiger partial charge in [-0.2, -0.15) is 0 Å². The molecule has 0 amide bonds. The van der Waals surface area contributed by atoms with Crippen LogP contribution in [0.5, 0.6) is 0 Å². The molecule has 0 spiro atoms. The van der Waals surface area contributed by atoms with Crippen molar-refractivity contribution in [2.24, 2.45) is 0 Å². The molecule has 0 rings (SSSR count). The normalized spacial score (nSPS) is 7.50. The van der Waals surface area contributed by atoms with Crippen molar-refractivity contribution < 1.29 is 14.4 Å². The highest BCUT2D eigenvalue weighted by Crippen LogP contribution is 1.98. The first kappa shape index (κ1) is 11.0. The molecule has 0 aromatic carbocycles. The average molecular weight is 159 g/mol. The molecule has 0 aromatic heterocycles. The molecule has 0 fully saturated rings. The monoisotopic (exact) mass is 158 g/mol. The van der Waals surface area contributed by atoms with Gasteiger partial charge in [0.05, 0.1) is 0 Å². The molecule has 0 aliphatic heterocycles. The van der Waals surface area contributed by atoms with E-state index in [1.165, 1.54) is 0 Å². The van der Waals surface area contributed by atoms with Crippen molar-refractivity contribution in [3.63, 3.8) is 0 Å². The van der Waals surface area contributed by atoms with Crippen LogP contribution in [0, 0.1) is 0 Å². The predicted molar refractivity (Wildman–Crippen MR) is 34.4 cm³/mol. The smallest absolute Gasteiger partial charge is 0.314 e. The van der Waals surface area contributed by atoms with Crippen molar-refractivity contribution in [3.05, 3.63) is 12.7 Å². The number of alkyl halides is 1. The van der Waals surface area contributed by atoms with E-state index in [0.717, 1.165) is 0 Å². The third-order valence-corrected chi connectivity index (χ3v) is 0.327. The summed E-state index contributed by atoms with van der Waals surface area (Å²) in [5, 5.41) is 0. The molecule has 0 unspecified atom stereocenters. The molecule has 8 heavy (non-hydrogen) atoms. The van der Waals surface area contributed by atoms with Crippen LogP contribution in [0.1, 0.15) is 0 Å². The lowest BCUT2D eigenvalue weighted by Gasteiger charge is -1.61. The van der Waals surface area contributed by atoms with Crippen molar-refractivity contribution >= 4 is 19.9 Å². The summed E-state index contributed by atoms with van der Waals surface area (Å²) in [6.07, 6.45) is 1.64. The Kier molecular flexibility index (Phi) is 14.1. The Hall–Kier alpha value is 0.180. The highest BCUT2D eigenvalue weighted by atomic mass is 35.5. The fourth-order valence-electron chi connectivity index (χ4n) is 0. The topological polar surface area (TPSA) is 57.5 Å². The highest BCUT2D eigenvalue weighted by molar-refractivity contribution is 7.30. The molecule has 0 aliphatic rings. The number of hydrogen-bond donors (Lipinski definition) is 2. The summed E-state index contributed by atoms with van der Waals surface area (Å²) in [6.45, 7) is 3.35. The summed E-state index contributed by atoms with van der Waals surface area (Å²) in [5.41, 5.74) is 0. The predicted octanol–water partition coefficient (Wildman–Crippen LogP) is 0.772. The second kappa shape index (κ2) is 10.2. The van der Waals surface area contributed by atoms with Crippen LogP contribution in [0.2, 0.25) is 0 Å². The molecule has 0 atom stereocenters. The van der Waals surface area contributed by atoms with Gasteiger partial charge in [0.15, 0.2) is 0 Å². The summed E-state index contributed by atoms with van der Waals surface area (Å²) in [7, 11) is -3.13. The maximum Gasteiger partial charge on any atom is 0.314 e. The summed E-state index contributed by atoms with van der Waals surface area (Å²) in [5.74, 6) is 0.556. The number of hydrogen-bond acceptors (Lipinski definition) is 1. The first-order chi connectivity index (χ1) is 3.65. The second-order valence-corrected chi connectivity index (χ2v) is 1.60. The van der Waals surface area contributed by atoms with Crippen LogP contribution in [0.15, 0.2) is 12.7 Å². The Morgan fingerprint density at radius 1 is 1.75 bits per heavy atom. The SMILES string of the molecule is C=CCCl.O=[PH](O)O. The van der Waals surface area contributed by atoms with Crippen LogP contribution < -0.4 is 0 Å². The molecule has 3 nitrogen and oxygen atoms in total. The lowest BCUT2D eigenvalue weighted by molar-refractivity contribution is 0.405. The van der Waals surface area contributed by atoms with E-state index in [-0.39, 0.29) is 0 Å². The van der Waals surface area contributed by atoms with Crippen LogP contribution in [0.4, 0.5) is 0 Å². The maximum absolute atomic E-state index is 8.74. The van der Waals surface area contributed by atoms with Gasteiger partial charge in [-0.15, -0.1) is 18.2 Å². The van der Waals surface area contributed by atoms with Gasteiger partial charge in [0.2, 0.25) is 0 Å². The van der Waals surface area contributed by atoms with Crippen LogP contribution >= 0.6 is 19.9 Å². The van der Waals surface area contributed by atoms with E-state index in [9.17, 15) is 0 Å². The highest BCUT2D eigenvalue weighted by Gasteiger charge is 1.61. The molecular formula is C3H8ClO3P. The molecule has 0 radical (unpaired) electrons. The minimum atomic E-state index is -3.13. The Bertz CT molecular complexity index is 70.9. The molecule has 2 N–H and O–H groups in total. The van der Waals surface area contributed by atoms with Gasteiger partial charge in [0, 0.05) is 5.88 Å². The maximum atomic E-state index is 8.74. The van der Waals surface area contributed by atoms with Crippen molar-refractivity contribution in [1.29, 1.82) is 0 Å². The summed E-state index contributed by atoms with van der Waals surface area (Å²) < 4.78 is 8.74. The standard InChI is InChI=1S/C3H5Cl.H3O3P/c1-2-3-4;1-4(2)3/h2H,1,3H2;4H,(H2,1,2,3). The van der Waals surface area contributed by atoms with Gasteiger partial charge in [-0.05, 0) is 0 Å². The largest absolute Gasteiger partial charge is 0.326 e. The lowest BCUT2D eigenvalue weighted by atomic mass is 10.8. The van der Waals surface area contributed by atoms with Crippen LogP contribution in [-0.2, 0) is 4.57 Å². The number of rotatable bonds is 1. The van der Waals surface area contributed by atoms with E-state index in [4.69, 9.17) is 26.0 Å². The fourth-order valence-corrected chi connectivity index (χ4v) is 0. The van der Waals surface area contributed by atoms with E-state index in [2.05, 4.69) is 6.58 Å². The Labute approximate surface area is 53.6 Å². The van der Waals surface area contributed by atoms with E-state index >= 15 is 0 Å². The third kappa shape index (κ3) is 119. The number of allylic oxidation sites excluding steroid dienone is 1. The average Bonchev–Trinajstić information content (AvgIpc) is 1.65. The number of halogens is 1. The van der Waals surface area contributed by atoms with E-state index in [1.807, 2.05) is 0 Å². The quantitative estimate of drug-likeness (QED) is 0.337. The third-order valence-electron chi connectivity index (χ3n) is 0.109. The van der Waals surface area contributed by atoms with Crippen LogP contribution in [0.3, 0.4) is 0 Å². The van der Waals surface area contributed by atoms with E-state index < -0.39 is 8.25 Å². The first-order valence-corrected chi connectivity index (χ1v) is 3.57. The van der Waals surface area contributed by atoms with Crippen molar-refractivity contribution in [1.82, 2.24) is 0 Å². The second-order valence-electron chi connectivity index (χ2n) is 0.726. The molecule has 0 saturated heterocycles. The first-order valence-electron chi connectivity index (χ1n) is 1.74. The summed E-state index contributed by atoms with van der Waals surface area (Å²) in [4.78, 5) is 14.3. The van der Waals surface area contributed by atoms with Gasteiger partial charge >= 0.3 is 8.25 Å². The van der Waals surface area contributed by atoms with E-state index in [1.54, 1.807) is 6.08 Å². The lowest BCUT2D eigenvalue weighted by Crippen LogP contribution is -1.45. The summed E-state index contributed by atoms with van der Waals surface area (Å²) >= 11 is 5.07. The molecule has 0 aromatic rings. The van der Waals surface area contributed by atoms with Gasteiger partial charge in [-0.1, -0.05) is 6.08 Å². The minimum absolute atomic E-state index is 0.556. The molecule has 50 valence electrons. The zero-order valence-electron chi connectivity index (χ0n) is 4.17. The summed E-state index contributed by atoms with van der Waals surface area (Å²) in [6, 6.07) is 0. The van der Waals surface area contributed by atoms with Gasteiger partial charge in [0.25, 0.3) is 0 Å². The van der Waals surface area contributed by atoms with Crippen molar-refractivity contribution in [3.8, 4) is 0 Å². The molecule has 5 heteroatoms. The molecule has 0 saturated carbocycles. The minimum Gasteiger partial charge on any atom is -0.326 e. The molecule has 0 aliphatic carbocycles. The Balaban J connectivity index is 0. The zero-order valence-corrected chi connectivity index (χ0v) is 5.93. The molecule has 0 bridgehead atoms. The van der Waals surface area contributed by atoms with Gasteiger partial charge in [-0.25, -0.2) is 0 Å². The van der Waals surface area contributed by atoms with Crippen LogP contribution in [0.25, 0.3) is 0 Å².